The van der Waals surface area contributed by atoms with E-state index in [0.29, 0.717) is 48.3 Å². The fourth-order valence-electron chi connectivity index (χ4n) is 8.64. The minimum atomic E-state index is -1.15. The molecular formula is C45H41N7O8. The van der Waals surface area contributed by atoms with Crippen LogP contribution in [0.5, 0.6) is 11.5 Å². The van der Waals surface area contributed by atoms with E-state index in [0.717, 1.165) is 16.9 Å². The standard InChI is InChI=1S/C45H41N7O8/c1-5-27-19-45(27,51-41(58)44-21-43(22-44,23-44)40-50-33-18-25(20-46)6-17-34(33)52(40)4)42(59)49-30-13-11-29(12-14-30)48-38(55)32-16-15-31(35(53)36(32)60-24(2)3)37(54)47-28-9-7-26(8-10-28)39(56)57/h5-18,24,27,53H,1,19,21-23H2,2-4H3,(H,47,54)(H,48,55)(H,49,59)(H,51,58)(H,56,57)/t27-,43?,44?,45-/m0/s1. The van der Waals surface area contributed by atoms with Crippen LogP contribution in [0.15, 0.2) is 91.5 Å². The number of nitrogens with zero attached hydrogens (tertiary/aromatic N) is 3. The second kappa shape index (κ2) is 14.4. The van der Waals surface area contributed by atoms with Crippen molar-refractivity contribution in [3.63, 3.8) is 0 Å². The van der Waals surface area contributed by atoms with Gasteiger partial charge >= 0.3 is 5.97 Å². The smallest absolute Gasteiger partial charge is 0.335 e. The number of hydrogen-bond acceptors (Lipinski definition) is 9. The normalized spacial score (nSPS) is 22.0. The van der Waals surface area contributed by atoms with E-state index in [1.54, 1.807) is 56.3 Å². The fourth-order valence-corrected chi connectivity index (χ4v) is 8.64. The number of ether oxygens (including phenoxy) is 1. The molecule has 0 unspecified atom stereocenters. The average Bonchev–Trinajstić information content (AvgIpc) is 3.81. The lowest BCUT2D eigenvalue weighted by Crippen LogP contribution is -2.72. The molecule has 304 valence electrons. The van der Waals surface area contributed by atoms with E-state index in [9.17, 15) is 34.3 Å². The number of carboxylic acids is 1. The number of carbonyl (C=O) groups is 5. The van der Waals surface area contributed by atoms with Gasteiger partial charge in [0.25, 0.3) is 17.7 Å². The van der Waals surface area contributed by atoms with Gasteiger partial charge in [-0.3, -0.25) is 19.2 Å². The Morgan fingerprint density at radius 1 is 0.883 bits per heavy atom. The predicted molar refractivity (Wildman–Crippen MR) is 221 cm³/mol. The summed E-state index contributed by atoms with van der Waals surface area (Å²) in [5.74, 6) is -3.13. The summed E-state index contributed by atoms with van der Waals surface area (Å²) >= 11 is 0. The second-order valence-electron chi connectivity index (χ2n) is 16.2. The molecule has 1 heterocycles. The Labute approximate surface area is 344 Å². The molecule has 6 N–H and O–H groups in total. The molecule has 4 fully saturated rings. The van der Waals surface area contributed by atoms with Crippen LogP contribution in [0.4, 0.5) is 17.1 Å². The van der Waals surface area contributed by atoms with Gasteiger partial charge in [0.1, 0.15) is 11.4 Å². The first kappa shape index (κ1) is 39.4. The topological polar surface area (TPSA) is 225 Å². The first-order chi connectivity index (χ1) is 28.6. The average molecular weight is 808 g/mol. The summed E-state index contributed by atoms with van der Waals surface area (Å²) < 4.78 is 7.83. The lowest BCUT2D eigenvalue weighted by atomic mass is 9.34. The lowest BCUT2D eigenvalue weighted by molar-refractivity contribution is -0.179. The summed E-state index contributed by atoms with van der Waals surface area (Å²) in [6.07, 6.45) is 3.46. The molecule has 2 atom stereocenters. The molecule has 15 heteroatoms. The van der Waals surface area contributed by atoms with Crippen molar-refractivity contribution >= 4 is 57.7 Å². The van der Waals surface area contributed by atoms with Crippen molar-refractivity contribution < 1.29 is 38.9 Å². The van der Waals surface area contributed by atoms with Gasteiger partial charge in [-0.1, -0.05) is 6.08 Å². The number of benzene rings is 4. The number of rotatable bonds is 13. The highest BCUT2D eigenvalue weighted by molar-refractivity contribution is 6.11. The highest BCUT2D eigenvalue weighted by Gasteiger charge is 2.75. The molecule has 2 bridgehead atoms. The van der Waals surface area contributed by atoms with Crippen LogP contribution in [0.25, 0.3) is 11.0 Å². The van der Waals surface area contributed by atoms with Crippen LogP contribution in [0.3, 0.4) is 0 Å². The van der Waals surface area contributed by atoms with Crippen molar-refractivity contribution in [2.24, 2.45) is 18.4 Å². The van der Waals surface area contributed by atoms with Crippen molar-refractivity contribution in [3.8, 4) is 17.6 Å². The SMILES string of the molecule is C=C[C@H]1C[C@@]1(NC(=O)C12CC(c3nc4cc(C#N)ccc4n3C)(C1)C2)C(=O)Nc1ccc(NC(=O)c2ccc(C(=O)Nc3ccc(C(=O)O)cc3)c(O)c2OC(C)C)cc1. The predicted octanol–water partition coefficient (Wildman–Crippen LogP) is 6.26. The van der Waals surface area contributed by atoms with Crippen LogP contribution in [-0.2, 0) is 22.1 Å². The molecule has 0 spiro atoms. The summed E-state index contributed by atoms with van der Waals surface area (Å²) in [5, 5.41) is 40.9. The Kier molecular flexibility index (Phi) is 9.46. The third-order valence-corrected chi connectivity index (χ3v) is 11.8. The van der Waals surface area contributed by atoms with Gasteiger partial charge in [-0.2, -0.15) is 5.26 Å². The number of phenolic OH excluding ortho intramolecular Hbond substituents is 1. The number of phenols is 1. The maximum Gasteiger partial charge on any atom is 0.335 e. The number of carbonyl (C=O) groups excluding carboxylic acids is 4. The zero-order valence-electron chi connectivity index (χ0n) is 33.0. The van der Waals surface area contributed by atoms with E-state index in [-0.39, 0.29) is 45.6 Å². The van der Waals surface area contributed by atoms with Gasteiger partial charge in [-0.15, -0.1) is 6.58 Å². The number of hydrogen-bond donors (Lipinski definition) is 6. The second-order valence-corrected chi connectivity index (χ2v) is 16.2. The van der Waals surface area contributed by atoms with Gasteiger partial charge in [0, 0.05) is 35.4 Å². The number of nitrogens with one attached hydrogen (secondary N) is 4. The lowest BCUT2D eigenvalue weighted by Gasteiger charge is -2.68. The summed E-state index contributed by atoms with van der Waals surface area (Å²) in [4.78, 5) is 70.2. The van der Waals surface area contributed by atoms with Crippen molar-refractivity contribution in [2.75, 3.05) is 16.0 Å². The largest absolute Gasteiger partial charge is 0.504 e. The molecule has 15 nitrogen and oxygen atoms in total. The van der Waals surface area contributed by atoms with Crippen LogP contribution in [-0.4, -0.2) is 61.0 Å². The van der Waals surface area contributed by atoms with E-state index in [4.69, 9.17) is 14.8 Å². The number of carboxylic acid groups (broad SMARTS) is 1. The third kappa shape index (κ3) is 6.65. The zero-order chi connectivity index (χ0) is 42.7. The monoisotopic (exact) mass is 807 g/mol. The highest BCUT2D eigenvalue weighted by atomic mass is 16.5. The number of aromatic hydroxyl groups is 1. The number of imidazole rings is 1. The third-order valence-electron chi connectivity index (χ3n) is 11.8. The first-order valence-corrected chi connectivity index (χ1v) is 19.3. The molecule has 0 aliphatic heterocycles. The maximum absolute atomic E-state index is 13.8. The highest BCUT2D eigenvalue weighted by Crippen LogP contribution is 2.73. The molecule has 9 rings (SSSR count). The van der Waals surface area contributed by atoms with Gasteiger partial charge < -0.3 is 40.8 Å². The number of anilines is 3. The van der Waals surface area contributed by atoms with Gasteiger partial charge in [0.2, 0.25) is 5.91 Å². The molecule has 4 aliphatic rings. The van der Waals surface area contributed by atoms with Crippen LogP contribution in [0, 0.1) is 22.7 Å². The minimum absolute atomic E-state index is 0.0385. The Balaban J connectivity index is 0.904. The molecular weight excluding hydrogens is 767 g/mol. The van der Waals surface area contributed by atoms with Gasteiger partial charge in [-0.25, -0.2) is 9.78 Å². The molecule has 4 aromatic carbocycles. The number of fused-ring (bicyclic) bond motifs is 1. The molecule has 0 radical (unpaired) electrons. The number of nitriles is 1. The molecule has 0 saturated heterocycles. The van der Waals surface area contributed by atoms with E-state index < -0.39 is 40.6 Å². The summed E-state index contributed by atoms with van der Waals surface area (Å²) in [7, 11) is 1.95. The quantitative estimate of drug-likeness (QED) is 0.0732. The summed E-state index contributed by atoms with van der Waals surface area (Å²) in [6.45, 7) is 7.27. The van der Waals surface area contributed by atoms with E-state index in [1.165, 1.54) is 36.4 Å². The van der Waals surface area contributed by atoms with Gasteiger partial charge in [0.15, 0.2) is 11.5 Å². The molecule has 4 amide bonds. The Morgan fingerprint density at radius 2 is 1.47 bits per heavy atom. The van der Waals surface area contributed by atoms with Crippen molar-refractivity contribution in [3.05, 3.63) is 120 Å². The van der Waals surface area contributed by atoms with Crippen LogP contribution < -0.4 is 26.0 Å². The van der Waals surface area contributed by atoms with Crippen molar-refractivity contribution in [1.82, 2.24) is 14.9 Å². The van der Waals surface area contributed by atoms with Crippen LogP contribution >= 0.6 is 0 Å². The maximum atomic E-state index is 13.8. The molecule has 5 aromatic rings. The summed E-state index contributed by atoms with van der Waals surface area (Å²) in [5.41, 5.74) is 1.17. The Hall–Kier alpha value is -7.47. The number of aromatic carboxylic acids is 1. The molecule has 60 heavy (non-hydrogen) atoms. The van der Waals surface area contributed by atoms with Crippen molar-refractivity contribution in [1.29, 1.82) is 5.26 Å². The fraction of sp³-hybridized carbons (Fsp3) is 0.267. The minimum Gasteiger partial charge on any atom is -0.504 e. The van der Waals surface area contributed by atoms with Crippen LogP contribution in [0.1, 0.15) is 82.0 Å². The summed E-state index contributed by atoms with van der Waals surface area (Å²) in [6, 6.07) is 22.1. The Morgan fingerprint density at radius 3 is 2.03 bits per heavy atom. The van der Waals surface area contributed by atoms with Gasteiger partial charge in [-0.05, 0) is 118 Å². The zero-order valence-corrected chi connectivity index (χ0v) is 33.0. The molecule has 4 saturated carbocycles. The van der Waals surface area contributed by atoms with E-state index in [1.807, 2.05) is 17.7 Å². The first-order valence-electron chi connectivity index (χ1n) is 19.3. The molecule has 4 aliphatic carbocycles. The number of aryl methyl sites for hydroxylation is 1. The van der Waals surface area contributed by atoms with E-state index >= 15 is 0 Å². The van der Waals surface area contributed by atoms with E-state index in [2.05, 4.69) is 33.9 Å². The Bertz CT molecular complexity index is 2680. The number of amides is 4. The van der Waals surface area contributed by atoms with Crippen molar-refractivity contribution in [2.45, 2.75) is 56.6 Å². The van der Waals surface area contributed by atoms with Crippen LogP contribution in [0.2, 0.25) is 0 Å². The molecule has 1 aromatic heterocycles. The number of aromatic nitrogens is 2. The van der Waals surface area contributed by atoms with Gasteiger partial charge in [0.05, 0.1) is 50.9 Å².